The highest BCUT2D eigenvalue weighted by Gasteiger charge is 2.51. The van der Waals surface area contributed by atoms with Crippen molar-refractivity contribution in [3.63, 3.8) is 0 Å². The van der Waals surface area contributed by atoms with Gasteiger partial charge in [-0.3, -0.25) is 0 Å². The van der Waals surface area contributed by atoms with Gasteiger partial charge in [-0.05, 0) is 79.4 Å². The van der Waals surface area contributed by atoms with Crippen LogP contribution in [0, 0.1) is 22.4 Å². The topological polar surface area (TPSA) is 49.9 Å². The van der Waals surface area contributed by atoms with Gasteiger partial charge in [-0.2, -0.15) is 8.42 Å². The monoisotopic (exact) mass is 277 g/mol. The Balaban J connectivity index is 1.84. The molecule has 4 bridgehead atoms. The van der Waals surface area contributed by atoms with E-state index in [-0.39, 0.29) is 5.41 Å². The first-order valence-electron chi connectivity index (χ1n) is 7.26. The Morgan fingerprint density at radius 2 is 1.63 bits per heavy atom. The van der Waals surface area contributed by atoms with Crippen LogP contribution in [0.15, 0.2) is 18.3 Å². The van der Waals surface area contributed by atoms with Crippen molar-refractivity contribution >= 4 is 10.3 Å². The molecule has 4 heteroatoms. The van der Waals surface area contributed by atoms with E-state index in [1.54, 1.807) is 6.20 Å². The van der Waals surface area contributed by atoms with Gasteiger partial charge in [0.05, 0.1) is 0 Å². The minimum absolute atomic E-state index is 0.276. The first-order valence-corrected chi connectivity index (χ1v) is 8.34. The first-order chi connectivity index (χ1) is 9.14. The molecule has 1 N–H and O–H groups in total. The van der Waals surface area contributed by atoms with Gasteiger partial charge >= 0.3 is 0 Å². The van der Waals surface area contributed by atoms with Gasteiger partial charge in [0.25, 0.3) is 0 Å². The van der Waals surface area contributed by atoms with Crippen molar-refractivity contribution in [3.8, 4) is 0 Å². The molecular weight excluding hydrogens is 258 g/mol. The molecule has 19 heavy (non-hydrogen) atoms. The molecule has 5 rings (SSSR count). The van der Waals surface area contributed by atoms with E-state index in [9.17, 15) is 8.42 Å². The molecule has 0 atom stereocenters. The van der Waals surface area contributed by atoms with Crippen molar-refractivity contribution in [2.45, 2.75) is 43.9 Å². The molecule has 4 fully saturated rings. The smallest absolute Gasteiger partial charge is 0.238 e. The van der Waals surface area contributed by atoms with Crippen molar-refractivity contribution in [2.24, 2.45) is 17.8 Å². The number of aromatic amines is 1. The summed E-state index contributed by atoms with van der Waals surface area (Å²) in [5.41, 5.74) is 1.53. The molecule has 1 aromatic rings. The molecule has 0 radical (unpaired) electrons. The van der Waals surface area contributed by atoms with Crippen LogP contribution in [0.5, 0.6) is 0 Å². The second-order valence-electron chi connectivity index (χ2n) is 6.87. The number of rotatable bonds is 1. The maximum atomic E-state index is 11.1. The molecule has 0 aliphatic heterocycles. The van der Waals surface area contributed by atoms with Crippen molar-refractivity contribution in [2.75, 3.05) is 0 Å². The number of hydrogen-bond acceptors (Lipinski definition) is 2. The average Bonchev–Trinajstić information content (AvgIpc) is 2.37. The standard InChI is InChI=1S/C15H19NO2S/c17-19(18)14-6-13(1-2-16-14)15-7-10-3-11(8-15)5-12(4-10)9-15/h1-2,6,10-12,16H,3-5,7-9H2. The molecule has 0 aromatic carbocycles. The molecule has 4 aliphatic carbocycles. The van der Waals surface area contributed by atoms with Gasteiger partial charge in [-0.25, -0.2) is 0 Å². The number of aromatic nitrogens is 1. The lowest BCUT2D eigenvalue weighted by molar-refractivity contribution is -0.00524. The Bertz CT molecular complexity index is 643. The second-order valence-corrected chi connectivity index (χ2v) is 7.78. The molecule has 0 unspecified atom stereocenters. The third kappa shape index (κ3) is 1.80. The predicted octanol–water partition coefficient (Wildman–Crippen LogP) is 2.89. The largest absolute Gasteiger partial charge is 0.349 e. The molecule has 4 saturated carbocycles. The first kappa shape index (κ1) is 11.8. The summed E-state index contributed by atoms with van der Waals surface area (Å²) in [7, 11) is -2.16. The summed E-state index contributed by atoms with van der Waals surface area (Å²) in [6, 6.07) is 3.97. The van der Waals surface area contributed by atoms with Crippen LogP contribution in [0.3, 0.4) is 0 Å². The van der Waals surface area contributed by atoms with E-state index in [2.05, 4.69) is 11.1 Å². The van der Waals surface area contributed by atoms with Crippen LogP contribution in [-0.4, -0.2) is 13.4 Å². The molecule has 1 heterocycles. The maximum absolute atomic E-state index is 11.1. The third-order valence-electron chi connectivity index (χ3n) is 5.61. The SMILES string of the molecule is O=S(=O)=c1cc(C23CC4CC(CC(C4)C2)C3)cc[nH]1. The van der Waals surface area contributed by atoms with Gasteiger partial charge in [-0.1, -0.05) is 0 Å². The Hall–Kier alpha value is -1.03. The number of H-pyrrole nitrogens is 1. The van der Waals surface area contributed by atoms with Gasteiger partial charge in [0.1, 0.15) is 0 Å². The molecule has 4 aliphatic rings. The Morgan fingerprint density at radius 1 is 1.05 bits per heavy atom. The zero-order chi connectivity index (χ0) is 13.0. The van der Waals surface area contributed by atoms with E-state index in [1.165, 1.54) is 44.1 Å². The van der Waals surface area contributed by atoms with Crippen molar-refractivity contribution < 1.29 is 8.42 Å². The third-order valence-corrected chi connectivity index (χ3v) is 6.20. The van der Waals surface area contributed by atoms with Gasteiger partial charge in [-0.15, -0.1) is 0 Å². The summed E-state index contributed by atoms with van der Waals surface area (Å²) < 4.78 is 22.6. The van der Waals surface area contributed by atoms with E-state index in [0.717, 1.165) is 17.8 Å². The summed E-state index contributed by atoms with van der Waals surface area (Å²) in [5.74, 6) is 2.66. The second kappa shape index (κ2) is 3.98. The van der Waals surface area contributed by atoms with Gasteiger partial charge < -0.3 is 4.98 Å². The summed E-state index contributed by atoms with van der Waals surface area (Å²) >= 11 is 0. The summed E-state index contributed by atoms with van der Waals surface area (Å²) in [6.45, 7) is 0. The van der Waals surface area contributed by atoms with E-state index in [4.69, 9.17) is 0 Å². The van der Waals surface area contributed by atoms with Gasteiger partial charge in [0.2, 0.25) is 10.3 Å². The number of pyridine rings is 1. The highest BCUT2D eigenvalue weighted by atomic mass is 32.2. The van der Waals surface area contributed by atoms with Crippen molar-refractivity contribution in [3.05, 3.63) is 28.5 Å². The van der Waals surface area contributed by atoms with E-state index >= 15 is 0 Å². The van der Waals surface area contributed by atoms with E-state index < -0.39 is 10.3 Å². The van der Waals surface area contributed by atoms with Crippen LogP contribution in [0.1, 0.15) is 44.1 Å². The Morgan fingerprint density at radius 3 is 2.16 bits per heavy atom. The fourth-order valence-corrected chi connectivity index (χ4v) is 5.72. The molecule has 102 valence electrons. The lowest BCUT2D eigenvalue weighted by Gasteiger charge is -2.57. The van der Waals surface area contributed by atoms with Gasteiger partial charge in [0, 0.05) is 6.20 Å². The Kier molecular flexibility index (Phi) is 2.47. The molecule has 3 nitrogen and oxygen atoms in total. The molecular formula is C15H19NO2S. The lowest BCUT2D eigenvalue weighted by atomic mass is 9.48. The minimum Gasteiger partial charge on any atom is -0.349 e. The normalized spacial score (nSPS) is 39.5. The van der Waals surface area contributed by atoms with Crippen LogP contribution in [-0.2, 0) is 15.7 Å². The summed E-state index contributed by atoms with van der Waals surface area (Å²) in [5, 5.41) is 0. The molecule has 0 spiro atoms. The van der Waals surface area contributed by atoms with Crippen molar-refractivity contribution in [1.29, 1.82) is 0 Å². The zero-order valence-electron chi connectivity index (χ0n) is 10.9. The summed E-state index contributed by atoms with van der Waals surface area (Å²) in [6.07, 6.45) is 9.85. The summed E-state index contributed by atoms with van der Waals surface area (Å²) in [4.78, 5) is 2.83. The Labute approximate surface area is 114 Å². The number of hydrogen-bond donors (Lipinski definition) is 1. The molecule has 0 amide bonds. The highest BCUT2D eigenvalue weighted by Crippen LogP contribution is 2.60. The number of nitrogens with one attached hydrogen (secondary N) is 1. The van der Waals surface area contributed by atoms with E-state index in [0.29, 0.717) is 4.64 Å². The maximum Gasteiger partial charge on any atom is 0.238 e. The van der Waals surface area contributed by atoms with E-state index in [1.807, 2.05) is 6.07 Å². The fourth-order valence-electron chi connectivity index (χ4n) is 5.33. The van der Waals surface area contributed by atoms with Gasteiger partial charge in [0.15, 0.2) is 4.64 Å². The molecule has 1 aromatic heterocycles. The molecule has 0 saturated heterocycles. The van der Waals surface area contributed by atoms with Crippen LogP contribution in [0.4, 0.5) is 0 Å². The predicted molar refractivity (Wildman–Crippen MR) is 72.8 cm³/mol. The lowest BCUT2D eigenvalue weighted by Crippen LogP contribution is -2.48. The van der Waals surface area contributed by atoms with Crippen LogP contribution in [0.25, 0.3) is 0 Å². The average molecular weight is 277 g/mol. The highest BCUT2D eigenvalue weighted by molar-refractivity contribution is 7.63. The van der Waals surface area contributed by atoms with Crippen molar-refractivity contribution in [1.82, 2.24) is 4.98 Å². The fraction of sp³-hybridized carbons (Fsp3) is 0.667. The van der Waals surface area contributed by atoms with Crippen LogP contribution >= 0.6 is 0 Å². The van der Waals surface area contributed by atoms with Crippen LogP contribution in [0.2, 0.25) is 0 Å². The minimum atomic E-state index is -2.16. The zero-order valence-corrected chi connectivity index (χ0v) is 11.7. The van der Waals surface area contributed by atoms with Crippen LogP contribution < -0.4 is 0 Å². The quantitative estimate of drug-likeness (QED) is 0.802.